The van der Waals surface area contributed by atoms with Gasteiger partial charge in [0.25, 0.3) is 0 Å². The van der Waals surface area contributed by atoms with Gasteiger partial charge in [0.2, 0.25) is 11.8 Å². The highest BCUT2D eigenvalue weighted by Gasteiger charge is 2.58. The predicted molar refractivity (Wildman–Crippen MR) is 170 cm³/mol. The second-order valence-corrected chi connectivity index (χ2v) is 13.1. The van der Waals surface area contributed by atoms with Gasteiger partial charge in [0.15, 0.2) is 0 Å². The molecule has 2 fully saturated rings. The van der Waals surface area contributed by atoms with Crippen molar-refractivity contribution < 1.29 is 24.2 Å². The second kappa shape index (κ2) is 13.4. The van der Waals surface area contributed by atoms with Gasteiger partial charge in [-0.05, 0) is 53.6 Å². The highest BCUT2D eigenvalue weighted by molar-refractivity contribution is 5.87. The van der Waals surface area contributed by atoms with E-state index in [9.17, 15) is 14.7 Å². The lowest BCUT2D eigenvalue weighted by Crippen LogP contribution is -2.49. The zero-order chi connectivity index (χ0) is 31.4. The van der Waals surface area contributed by atoms with Crippen molar-refractivity contribution in [3.05, 3.63) is 78.0 Å². The third-order valence-electron chi connectivity index (χ3n) is 9.35. The Labute approximate surface area is 260 Å². The van der Waals surface area contributed by atoms with E-state index >= 15 is 0 Å². The number of hydrogen-bond acceptors (Lipinski definition) is 6. The van der Waals surface area contributed by atoms with E-state index in [4.69, 9.17) is 9.47 Å². The quantitative estimate of drug-likeness (QED) is 0.289. The highest BCUT2D eigenvalue weighted by atomic mass is 16.5. The number of likely N-dealkylation sites (tertiary alicyclic amines) is 1. The van der Waals surface area contributed by atoms with Crippen LogP contribution in [0.5, 0.6) is 11.6 Å². The van der Waals surface area contributed by atoms with Crippen molar-refractivity contribution in [2.45, 2.75) is 77.5 Å². The monoisotopic (exact) mass is 599 g/mol. The topological polar surface area (TPSA) is 101 Å². The molecule has 0 unspecified atom stereocenters. The average Bonchev–Trinajstić information content (AvgIpc) is 3.40. The van der Waals surface area contributed by atoms with Gasteiger partial charge in [0.05, 0.1) is 20.3 Å². The number of rotatable bonds is 9. The molecule has 4 atom stereocenters. The standard InChI is InChI=1S/C36H45N3O5/c1-36(2,3)29-30(38-22-26-21-25(18-19-28(26)43-4)27-17-12-20-37-33(27)44-5)31(23-13-8-6-9-14-23)39(32(29)35(41)42)34(40)24-15-10-7-11-16-24/h6,8-9,12-14,17-21,24,29-32,38H,7,10-11,15-16,22H2,1-5H3,(H,41,42)/t29-,30-,31-,32-/m0/s1. The fourth-order valence-corrected chi connectivity index (χ4v) is 7.37. The summed E-state index contributed by atoms with van der Waals surface area (Å²) in [5, 5.41) is 14.5. The average molecular weight is 600 g/mol. The molecule has 1 amide bonds. The molecule has 2 aromatic carbocycles. The number of methoxy groups -OCH3 is 2. The number of benzene rings is 2. The van der Waals surface area contributed by atoms with Crippen LogP contribution in [0.1, 0.15) is 70.0 Å². The van der Waals surface area contributed by atoms with Crippen molar-refractivity contribution in [3.63, 3.8) is 0 Å². The lowest BCUT2D eigenvalue weighted by Gasteiger charge is -2.36. The van der Waals surface area contributed by atoms with E-state index in [2.05, 4.69) is 37.1 Å². The number of aromatic nitrogens is 1. The van der Waals surface area contributed by atoms with Crippen LogP contribution in [0.4, 0.5) is 0 Å². The number of hydrogen-bond donors (Lipinski definition) is 2. The van der Waals surface area contributed by atoms with Crippen LogP contribution >= 0.6 is 0 Å². The number of nitrogens with one attached hydrogen (secondary N) is 1. The van der Waals surface area contributed by atoms with Crippen LogP contribution in [0.25, 0.3) is 11.1 Å². The fourth-order valence-electron chi connectivity index (χ4n) is 7.37. The summed E-state index contributed by atoms with van der Waals surface area (Å²) in [6.07, 6.45) is 6.44. The van der Waals surface area contributed by atoms with Crippen molar-refractivity contribution in [2.75, 3.05) is 14.2 Å². The summed E-state index contributed by atoms with van der Waals surface area (Å²) in [6.45, 7) is 6.65. The largest absolute Gasteiger partial charge is 0.496 e. The molecule has 234 valence electrons. The Kier molecular flexibility index (Phi) is 9.59. The van der Waals surface area contributed by atoms with Crippen molar-refractivity contribution in [3.8, 4) is 22.8 Å². The zero-order valence-corrected chi connectivity index (χ0v) is 26.5. The van der Waals surface area contributed by atoms with E-state index in [1.54, 1.807) is 25.3 Å². The number of carboxylic acid groups (broad SMARTS) is 1. The predicted octanol–water partition coefficient (Wildman–Crippen LogP) is 6.50. The second-order valence-electron chi connectivity index (χ2n) is 13.1. The van der Waals surface area contributed by atoms with E-state index in [-0.39, 0.29) is 23.8 Å². The maximum absolute atomic E-state index is 14.4. The van der Waals surface area contributed by atoms with Crippen molar-refractivity contribution >= 4 is 11.9 Å². The van der Waals surface area contributed by atoms with Gasteiger partial charge in [-0.15, -0.1) is 0 Å². The minimum absolute atomic E-state index is 0.0345. The molecule has 1 aliphatic carbocycles. The van der Waals surface area contributed by atoms with Crippen molar-refractivity contribution in [1.29, 1.82) is 0 Å². The number of pyridine rings is 1. The summed E-state index contributed by atoms with van der Waals surface area (Å²) in [5.74, 6) is -0.246. The molecule has 1 saturated carbocycles. The maximum atomic E-state index is 14.4. The number of amides is 1. The summed E-state index contributed by atoms with van der Waals surface area (Å²) < 4.78 is 11.3. The first-order chi connectivity index (χ1) is 21.2. The Morgan fingerprint density at radius 2 is 1.70 bits per heavy atom. The number of carboxylic acids is 1. The molecule has 1 aromatic heterocycles. The van der Waals surface area contributed by atoms with Gasteiger partial charge < -0.3 is 24.8 Å². The third-order valence-corrected chi connectivity index (χ3v) is 9.35. The minimum atomic E-state index is -0.958. The van der Waals surface area contributed by atoms with Crippen molar-refractivity contribution in [2.24, 2.45) is 17.3 Å². The van der Waals surface area contributed by atoms with Gasteiger partial charge >= 0.3 is 5.97 Å². The van der Waals surface area contributed by atoms with E-state index in [1.807, 2.05) is 54.6 Å². The molecule has 5 rings (SSSR count). The van der Waals surface area contributed by atoms with Gasteiger partial charge in [0, 0.05) is 41.7 Å². The van der Waals surface area contributed by atoms with Gasteiger partial charge in [-0.2, -0.15) is 0 Å². The molecular formula is C36H45N3O5. The Hall–Kier alpha value is -3.91. The number of aliphatic carboxylic acids is 1. The summed E-state index contributed by atoms with van der Waals surface area (Å²) in [5.41, 5.74) is 3.24. The van der Waals surface area contributed by atoms with Gasteiger partial charge in [-0.1, -0.05) is 76.4 Å². The molecule has 3 aromatic rings. The lowest BCUT2D eigenvalue weighted by atomic mass is 9.72. The Balaban J connectivity index is 1.57. The molecule has 2 N–H and O–H groups in total. The van der Waals surface area contributed by atoms with E-state index < -0.39 is 23.5 Å². The van der Waals surface area contributed by atoms with E-state index in [0.717, 1.165) is 60.1 Å². The molecule has 0 bridgehead atoms. The normalized spacial score (nSPS) is 22.5. The van der Waals surface area contributed by atoms with Crippen LogP contribution in [0, 0.1) is 17.3 Å². The molecule has 1 saturated heterocycles. The summed E-state index contributed by atoms with van der Waals surface area (Å²) >= 11 is 0. The summed E-state index contributed by atoms with van der Waals surface area (Å²) in [6, 6.07) is 18.0. The first-order valence-electron chi connectivity index (χ1n) is 15.6. The van der Waals surface area contributed by atoms with Crippen LogP contribution < -0.4 is 14.8 Å². The minimum Gasteiger partial charge on any atom is -0.496 e. The molecule has 0 spiro atoms. The van der Waals surface area contributed by atoms with Gasteiger partial charge in [-0.3, -0.25) is 4.79 Å². The first kappa shape index (κ1) is 31.5. The van der Waals surface area contributed by atoms with Gasteiger partial charge in [-0.25, -0.2) is 9.78 Å². The number of ether oxygens (including phenoxy) is 2. The first-order valence-corrected chi connectivity index (χ1v) is 15.6. The molecule has 8 heteroatoms. The summed E-state index contributed by atoms with van der Waals surface area (Å²) in [7, 11) is 3.25. The van der Waals surface area contributed by atoms with Crippen molar-refractivity contribution in [1.82, 2.24) is 15.2 Å². The van der Waals surface area contributed by atoms with E-state index in [1.165, 1.54) is 0 Å². The van der Waals surface area contributed by atoms with Crippen LogP contribution in [0.2, 0.25) is 0 Å². The van der Waals surface area contributed by atoms with Crippen LogP contribution in [-0.4, -0.2) is 53.2 Å². The summed E-state index contributed by atoms with van der Waals surface area (Å²) in [4.78, 5) is 33.6. The van der Waals surface area contributed by atoms with Gasteiger partial charge in [0.1, 0.15) is 11.8 Å². The molecular weight excluding hydrogens is 554 g/mol. The zero-order valence-electron chi connectivity index (χ0n) is 26.5. The molecule has 8 nitrogen and oxygen atoms in total. The number of carbonyl (C=O) groups is 2. The Morgan fingerprint density at radius 1 is 0.977 bits per heavy atom. The van der Waals surface area contributed by atoms with Crippen LogP contribution in [-0.2, 0) is 16.1 Å². The van der Waals surface area contributed by atoms with Crippen LogP contribution in [0.3, 0.4) is 0 Å². The maximum Gasteiger partial charge on any atom is 0.326 e. The number of nitrogens with zero attached hydrogens (tertiary/aromatic N) is 2. The molecule has 1 aliphatic heterocycles. The fraction of sp³-hybridized carbons (Fsp3) is 0.472. The molecule has 2 heterocycles. The Morgan fingerprint density at radius 3 is 2.34 bits per heavy atom. The van der Waals surface area contributed by atoms with E-state index in [0.29, 0.717) is 12.4 Å². The molecule has 44 heavy (non-hydrogen) atoms. The SMILES string of the molecule is COc1ccc(-c2cccnc2OC)cc1CN[C@H]1[C@H](C(C)(C)C)[C@@H](C(=O)O)N(C(=O)C2CCCCC2)[C@H]1c1ccccc1. The smallest absolute Gasteiger partial charge is 0.326 e. The lowest BCUT2D eigenvalue weighted by molar-refractivity contribution is -0.154. The number of carbonyl (C=O) groups excluding carboxylic acids is 1. The highest BCUT2D eigenvalue weighted by Crippen LogP contribution is 2.49. The molecule has 2 aliphatic rings. The third kappa shape index (κ3) is 6.32. The molecule has 0 radical (unpaired) electrons. The van der Waals surface area contributed by atoms with Crippen LogP contribution in [0.15, 0.2) is 66.9 Å². The Bertz CT molecular complexity index is 1450.